The number of carbonyl (C=O) groups excluding carboxylic acids is 1. The summed E-state index contributed by atoms with van der Waals surface area (Å²) in [4.78, 5) is 32.4. The Morgan fingerprint density at radius 3 is 2.18 bits per heavy atom. The second-order valence-electron chi connectivity index (χ2n) is 9.15. The van der Waals surface area contributed by atoms with Gasteiger partial charge >= 0.3 is 12.1 Å². The smallest absolute Gasteiger partial charge is 0.416 e. The lowest BCUT2D eigenvalue weighted by Gasteiger charge is -2.34. The zero-order valence-electron chi connectivity index (χ0n) is 20.6. The molecule has 0 radical (unpaired) electrons. The first-order valence-electron chi connectivity index (χ1n) is 12.1. The van der Waals surface area contributed by atoms with Crippen LogP contribution in [0.2, 0.25) is 0 Å². The first-order valence-corrected chi connectivity index (χ1v) is 12.1. The van der Waals surface area contributed by atoms with Crippen LogP contribution in [0.5, 0.6) is 0 Å². The van der Waals surface area contributed by atoms with E-state index in [-0.39, 0.29) is 23.2 Å². The molecule has 0 aliphatic carbocycles. The van der Waals surface area contributed by atoms with E-state index in [4.69, 9.17) is 4.52 Å². The number of alkyl halides is 3. The van der Waals surface area contributed by atoms with Gasteiger partial charge in [-0.25, -0.2) is 4.79 Å². The van der Waals surface area contributed by atoms with Gasteiger partial charge in [0.2, 0.25) is 5.82 Å². The lowest BCUT2D eigenvalue weighted by Crippen LogP contribution is -2.48. The molecule has 0 bridgehead atoms. The van der Waals surface area contributed by atoms with Crippen molar-refractivity contribution in [2.45, 2.75) is 12.7 Å². The zero-order chi connectivity index (χ0) is 27.6. The summed E-state index contributed by atoms with van der Waals surface area (Å²) in [5.41, 5.74) is 1.86. The Balaban J connectivity index is 1.18. The Kier molecular flexibility index (Phi) is 7.16. The molecule has 1 amide bonds. The van der Waals surface area contributed by atoms with Crippen molar-refractivity contribution in [2.24, 2.45) is 0 Å². The van der Waals surface area contributed by atoms with E-state index in [9.17, 15) is 27.9 Å². The first kappa shape index (κ1) is 26.1. The van der Waals surface area contributed by atoms with Gasteiger partial charge in [0.05, 0.1) is 11.1 Å². The van der Waals surface area contributed by atoms with Gasteiger partial charge in [-0.05, 0) is 54.1 Å². The summed E-state index contributed by atoms with van der Waals surface area (Å²) in [6.45, 7) is 3.01. The van der Waals surface area contributed by atoms with Crippen molar-refractivity contribution in [3.8, 4) is 22.8 Å². The second-order valence-corrected chi connectivity index (χ2v) is 9.15. The minimum Gasteiger partial charge on any atom is -0.478 e. The minimum absolute atomic E-state index is 0.106. The fourth-order valence-corrected chi connectivity index (χ4v) is 4.37. The number of piperazine rings is 1. The summed E-state index contributed by atoms with van der Waals surface area (Å²) in [5.74, 6) is -0.724. The van der Waals surface area contributed by atoms with Crippen molar-refractivity contribution in [1.29, 1.82) is 0 Å². The van der Waals surface area contributed by atoms with E-state index in [1.165, 1.54) is 12.1 Å². The number of benzene rings is 3. The number of carboxylic acids is 1. The third-order valence-corrected chi connectivity index (χ3v) is 6.51. The van der Waals surface area contributed by atoms with Gasteiger partial charge in [-0.1, -0.05) is 29.4 Å². The molecule has 0 unspecified atom stereocenters. The highest BCUT2D eigenvalue weighted by Gasteiger charge is 2.30. The maximum atomic E-state index is 13.0. The maximum Gasteiger partial charge on any atom is 0.416 e. The maximum absolute atomic E-state index is 13.0. The monoisotopic (exact) mass is 536 g/mol. The van der Waals surface area contributed by atoms with Crippen molar-refractivity contribution >= 4 is 11.9 Å². The molecule has 1 aromatic heterocycles. The molecular formula is C28H23F3N4O4. The highest BCUT2D eigenvalue weighted by Crippen LogP contribution is 2.31. The quantitative estimate of drug-likeness (QED) is 0.367. The predicted octanol–water partition coefficient (Wildman–Crippen LogP) is 5.08. The summed E-state index contributed by atoms with van der Waals surface area (Å²) in [5, 5.41) is 13.0. The van der Waals surface area contributed by atoms with Crippen LogP contribution in [0.4, 0.5) is 13.2 Å². The normalized spacial score (nSPS) is 14.4. The molecule has 39 heavy (non-hydrogen) atoms. The topological polar surface area (TPSA) is 99.8 Å². The summed E-state index contributed by atoms with van der Waals surface area (Å²) in [6.07, 6.45) is -4.43. The van der Waals surface area contributed by atoms with Gasteiger partial charge in [-0.3, -0.25) is 9.69 Å². The Bertz CT molecular complexity index is 1480. The summed E-state index contributed by atoms with van der Waals surface area (Å²) >= 11 is 0. The molecule has 2 heterocycles. The number of hydrogen-bond donors (Lipinski definition) is 1. The summed E-state index contributed by atoms with van der Waals surface area (Å²) in [7, 11) is 0. The number of hydrogen-bond acceptors (Lipinski definition) is 6. The van der Waals surface area contributed by atoms with Gasteiger partial charge in [0.1, 0.15) is 0 Å². The number of carbonyl (C=O) groups is 2. The van der Waals surface area contributed by atoms with Crippen LogP contribution in [0, 0.1) is 0 Å². The average molecular weight is 537 g/mol. The van der Waals surface area contributed by atoms with Crippen LogP contribution in [0.1, 0.15) is 31.8 Å². The van der Waals surface area contributed by atoms with Gasteiger partial charge < -0.3 is 14.5 Å². The Hall–Kier alpha value is -4.51. The van der Waals surface area contributed by atoms with E-state index in [2.05, 4.69) is 15.0 Å². The lowest BCUT2D eigenvalue weighted by molar-refractivity contribution is -0.137. The zero-order valence-corrected chi connectivity index (χ0v) is 20.6. The van der Waals surface area contributed by atoms with Crippen LogP contribution in [-0.2, 0) is 12.7 Å². The molecule has 4 aromatic rings. The van der Waals surface area contributed by atoms with Crippen LogP contribution in [0.3, 0.4) is 0 Å². The largest absolute Gasteiger partial charge is 0.478 e. The molecule has 1 saturated heterocycles. The predicted molar refractivity (Wildman–Crippen MR) is 135 cm³/mol. The van der Waals surface area contributed by atoms with Crippen molar-refractivity contribution in [3.05, 3.63) is 95.1 Å². The minimum atomic E-state index is -4.43. The lowest BCUT2D eigenvalue weighted by atomic mass is 10.1. The molecule has 200 valence electrons. The second kappa shape index (κ2) is 10.7. The van der Waals surface area contributed by atoms with Crippen LogP contribution in [0.25, 0.3) is 22.8 Å². The van der Waals surface area contributed by atoms with E-state index < -0.39 is 17.7 Å². The number of carboxylic acid groups (broad SMARTS) is 1. The standard InChI is InChI=1S/C28H23F3N4O4/c29-28(30,31)23-10-8-19(9-11-23)24-32-25(39-33-24)20-4-6-21(7-5-20)26(36)35-14-12-34(13-15-35)17-18-2-1-3-22(16-18)27(37)38/h1-11,16H,12-15,17H2,(H,37,38). The highest BCUT2D eigenvalue weighted by atomic mass is 19.4. The molecule has 0 saturated carbocycles. The van der Waals surface area contributed by atoms with Crippen LogP contribution in [-0.4, -0.2) is 63.1 Å². The number of rotatable bonds is 6. The van der Waals surface area contributed by atoms with E-state index in [0.717, 1.165) is 17.7 Å². The fraction of sp³-hybridized carbons (Fsp3) is 0.214. The van der Waals surface area contributed by atoms with Crippen molar-refractivity contribution in [2.75, 3.05) is 26.2 Å². The molecule has 1 aliphatic rings. The Morgan fingerprint density at radius 1 is 0.872 bits per heavy atom. The number of aromatic carboxylic acids is 1. The van der Waals surface area contributed by atoms with Crippen molar-refractivity contribution < 1.29 is 32.4 Å². The van der Waals surface area contributed by atoms with E-state index in [1.807, 2.05) is 6.07 Å². The van der Waals surface area contributed by atoms with E-state index in [0.29, 0.717) is 49.4 Å². The van der Waals surface area contributed by atoms with Gasteiger partial charge in [0.15, 0.2) is 0 Å². The SMILES string of the molecule is O=C(O)c1cccc(CN2CCN(C(=O)c3ccc(-c4nc(-c5ccc(C(F)(F)F)cc5)no4)cc3)CC2)c1. The molecule has 1 N–H and O–H groups in total. The molecule has 0 spiro atoms. The third kappa shape index (κ3) is 5.99. The average Bonchev–Trinajstić information content (AvgIpc) is 3.43. The van der Waals surface area contributed by atoms with E-state index >= 15 is 0 Å². The Morgan fingerprint density at radius 2 is 1.54 bits per heavy atom. The first-order chi connectivity index (χ1) is 18.7. The van der Waals surface area contributed by atoms with Gasteiger partial charge in [-0.2, -0.15) is 18.2 Å². The van der Waals surface area contributed by atoms with Crippen LogP contribution >= 0.6 is 0 Å². The molecule has 3 aromatic carbocycles. The fourth-order valence-electron chi connectivity index (χ4n) is 4.37. The highest BCUT2D eigenvalue weighted by molar-refractivity contribution is 5.94. The summed E-state index contributed by atoms with van der Waals surface area (Å²) < 4.78 is 43.7. The third-order valence-electron chi connectivity index (χ3n) is 6.51. The van der Waals surface area contributed by atoms with Crippen LogP contribution < -0.4 is 0 Å². The number of nitrogens with zero attached hydrogens (tertiary/aromatic N) is 4. The molecular weight excluding hydrogens is 513 g/mol. The number of aromatic nitrogens is 2. The Labute approximate surface area is 221 Å². The number of halogens is 3. The van der Waals surface area contributed by atoms with Crippen molar-refractivity contribution in [1.82, 2.24) is 19.9 Å². The molecule has 1 aliphatic heterocycles. The van der Waals surface area contributed by atoms with Gasteiger partial charge in [-0.15, -0.1) is 0 Å². The van der Waals surface area contributed by atoms with Gasteiger partial charge in [0, 0.05) is 49.4 Å². The van der Waals surface area contributed by atoms with Crippen molar-refractivity contribution in [3.63, 3.8) is 0 Å². The molecule has 0 atom stereocenters. The molecule has 8 nitrogen and oxygen atoms in total. The van der Waals surface area contributed by atoms with E-state index in [1.54, 1.807) is 47.4 Å². The molecule has 5 rings (SSSR count). The molecule has 11 heteroatoms. The molecule has 1 fully saturated rings. The summed E-state index contributed by atoms with van der Waals surface area (Å²) in [6, 6.07) is 18.0. The van der Waals surface area contributed by atoms with Crippen LogP contribution in [0.15, 0.2) is 77.3 Å². The number of amides is 1. The van der Waals surface area contributed by atoms with Gasteiger partial charge in [0.25, 0.3) is 11.8 Å².